The maximum Gasteiger partial charge on any atom is 0.405 e. The number of ether oxygens (including phenoxy) is 2. The number of amides is 2. The molecule has 1 aliphatic heterocycles. The summed E-state index contributed by atoms with van der Waals surface area (Å²) in [7, 11) is 0. The first kappa shape index (κ1) is 26.0. The maximum absolute atomic E-state index is 12.4. The zero-order valence-electron chi connectivity index (χ0n) is 20.6. The molecular formula is C28H34N2O5. The van der Waals surface area contributed by atoms with Crippen molar-refractivity contribution in [2.24, 2.45) is 17.1 Å². The highest BCUT2D eigenvalue weighted by atomic mass is 16.6. The Labute approximate surface area is 206 Å². The third-order valence-corrected chi connectivity index (χ3v) is 6.08. The summed E-state index contributed by atoms with van der Waals surface area (Å²) in [4.78, 5) is 34.6. The molecule has 2 fully saturated rings. The Morgan fingerprint density at radius 1 is 1.11 bits per heavy atom. The molecule has 1 saturated heterocycles. The van der Waals surface area contributed by atoms with E-state index >= 15 is 0 Å². The van der Waals surface area contributed by atoms with Crippen molar-refractivity contribution >= 4 is 23.7 Å². The van der Waals surface area contributed by atoms with Crippen LogP contribution in [0.1, 0.15) is 44.7 Å². The summed E-state index contributed by atoms with van der Waals surface area (Å²) in [5.74, 6) is 0.105. The van der Waals surface area contributed by atoms with Gasteiger partial charge in [0.15, 0.2) is 0 Å². The number of nitrogens with two attached hydrogens (primary N) is 1. The molecule has 1 aliphatic carbocycles. The lowest BCUT2D eigenvalue weighted by Gasteiger charge is -2.24. The van der Waals surface area contributed by atoms with Gasteiger partial charge < -0.3 is 20.5 Å². The topological polar surface area (TPSA) is 108 Å². The Balaban J connectivity index is 0.000000371. The van der Waals surface area contributed by atoms with Gasteiger partial charge in [-0.05, 0) is 63.3 Å². The molecule has 2 unspecified atom stereocenters. The number of allylic oxidation sites excluding steroid dienone is 1. The molecule has 35 heavy (non-hydrogen) atoms. The number of esters is 1. The van der Waals surface area contributed by atoms with Crippen molar-refractivity contribution < 1.29 is 23.9 Å². The second kappa shape index (κ2) is 10.8. The molecule has 0 aromatic heterocycles. The fourth-order valence-electron chi connectivity index (χ4n) is 4.62. The summed E-state index contributed by atoms with van der Waals surface area (Å²) in [6.45, 7) is 9.87. The fraction of sp³-hybridized carbons (Fsp3) is 0.393. The first-order valence-corrected chi connectivity index (χ1v) is 11.7. The van der Waals surface area contributed by atoms with E-state index < -0.39 is 17.1 Å². The molecule has 7 heteroatoms. The summed E-state index contributed by atoms with van der Waals surface area (Å²) in [6, 6.07) is 17.4. The Morgan fingerprint density at radius 2 is 1.77 bits per heavy atom. The molecule has 2 aromatic carbocycles. The quantitative estimate of drug-likeness (QED) is 0.474. The second-order valence-corrected chi connectivity index (χ2v) is 10.2. The van der Waals surface area contributed by atoms with E-state index in [1.54, 1.807) is 20.8 Å². The van der Waals surface area contributed by atoms with Crippen LogP contribution >= 0.6 is 0 Å². The Hall–Kier alpha value is -3.61. The van der Waals surface area contributed by atoms with Gasteiger partial charge in [-0.25, -0.2) is 4.79 Å². The zero-order valence-corrected chi connectivity index (χ0v) is 20.6. The molecule has 3 N–H and O–H groups in total. The lowest BCUT2D eigenvalue weighted by Crippen LogP contribution is -2.31. The third kappa shape index (κ3) is 7.18. The molecule has 0 radical (unpaired) electrons. The average molecular weight is 479 g/mol. The van der Waals surface area contributed by atoms with Crippen LogP contribution in [0.4, 0.5) is 10.5 Å². The second-order valence-electron chi connectivity index (χ2n) is 10.2. The number of carbonyl (C=O) groups excluding carboxylic acids is 3. The monoisotopic (exact) mass is 478 g/mol. The molecule has 2 amide bonds. The highest BCUT2D eigenvalue weighted by Crippen LogP contribution is 2.52. The van der Waals surface area contributed by atoms with Crippen LogP contribution in [0.5, 0.6) is 0 Å². The van der Waals surface area contributed by atoms with E-state index in [0.717, 1.165) is 28.8 Å². The maximum atomic E-state index is 12.4. The van der Waals surface area contributed by atoms with E-state index in [1.807, 2.05) is 54.6 Å². The van der Waals surface area contributed by atoms with Crippen molar-refractivity contribution in [1.29, 1.82) is 0 Å². The van der Waals surface area contributed by atoms with Crippen molar-refractivity contribution in [2.45, 2.75) is 52.1 Å². The first-order chi connectivity index (χ1) is 16.5. The van der Waals surface area contributed by atoms with Crippen LogP contribution in [0, 0.1) is 11.3 Å². The lowest BCUT2D eigenvalue weighted by molar-refractivity contribution is -0.146. The SMILES string of the molecule is C=C1CC2COC(=O)C2(Cc2ccc(NC(=O)Cc3ccccc3)cc2)C1.CC(C)(C)OC(N)=O. The van der Waals surface area contributed by atoms with Gasteiger partial charge in [-0.3, -0.25) is 9.59 Å². The molecule has 0 spiro atoms. The normalized spacial score (nSPS) is 20.8. The standard InChI is InChI=1S/C23H23NO3.C5H11NO2/c1-16-11-19-15-27-22(26)23(19,13-16)14-18-7-9-20(10-8-18)24-21(25)12-17-5-3-2-4-6-17;1-5(2,3)8-4(6)7/h2-10,19H,1,11-15H2,(H,24,25);1-3H3,(H2,6,7). The molecule has 186 valence electrons. The minimum absolute atomic E-state index is 0.0425. The molecule has 1 saturated carbocycles. The first-order valence-electron chi connectivity index (χ1n) is 11.7. The Kier molecular flexibility index (Phi) is 7.99. The minimum atomic E-state index is -0.725. The number of carbonyl (C=O) groups is 3. The summed E-state index contributed by atoms with van der Waals surface area (Å²) in [5, 5.41) is 2.93. The largest absolute Gasteiger partial charge is 0.465 e. The molecule has 7 nitrogen and oxygen atoms in total. The summed E-state index contributed by atoms with van der Waals surface area (Å²) < 4.78 is 9.92. The molecule has 0 bridgehead atoms. The van der Waals surface area contributed by atoms with E-state index in [-0.39, 0.29) is 17.8 Å². The number of benzene rings is 2. The fourth-order valence-corrected chi connectivity index (χ4v) is 4.62. The number of anilines is 1. The van der Waals surface area contributed by atoms with Gasteiger partial charge in [0.25, 0.3) is 0 Å². The van der Waals surface area contributed by atoms with Gasteiger partial charge in [0.2, 0.25) is 5.91 Å². The predicted molar refractivity (Wildman–Crippen MR) is 135 cm³/mol. The molecule has 2 atom stereocenters. The number of hydrogen-bond donors (Lipinski definition) is 2. The number of cyclic esters (lactones) is 1. The van der Waals surface area contributed by atoms with Gasteiger partial charge in [-0.2, -0.15) is 0 Å². The highest BCUT2D eigenvalue weighted by molar-refractivity contribution is 5.92. The van der Waals surface area contributed by atoms with Gasteiger partial charge in [0.1, 0.15) is 5.60 Å². The van der Waals surface area contributed by atoms with Crippen molar-refractivity contribution in [3.63, 3.8) is 0 Å². The number of primary amides is 1. The molecular weight excluding hydrogens is 444 g/mol. The van der Waals surface area contributed by atoms with Crippen LogP contribution < -0.4 is 11.1 Å². The van der Waals surface area contributed by atoms with E-state index in [1.165, 1.54) is 0 Å². The van der Waals surface area contributed by atoms with Gasteiger partial charge >= 0.3 is 12.1 Å². The number of rotatable bonds is 5. The Bertz CT molecular complexity index is 1070. The smallest absolute Gasteiger partial charge is 0.405 e. The Morgan fingerprint density at radius 3 is 2.34 bits per heavy atom. The van der Waals surface area contributed by atoms with Crippen LogP contribution in [0.3, 0.4) is 0 Å². The molecule has 4 rings (SSSR count). The summed E-state index contributed by atoms with van der Waals surface area (Å²) in [5.41, 5.74) is 7.78. The summed E-state index contributed by atoms with van der Waals surface area (Å²) in [6.07, 6.45) is 1.87. The molecule has 2 aliphatic rings. The number of fused-ring (bicyclic) bond motifs is 1. The van der Waals surface area contributed by atoms with Crippen molar-refractivity contribution in [3.8, 4) is 0 Å². The van der Waals surface area contributed by atoms with E-state index in [4.69, 9.17) is 10.5 Å². The lowest BCUT2D eigenvalue weighted by atomic mass is 9.75. The molecule has 2 aromatic rings. The van der Waals surface area contributed by atoms with E-state index in [9.17, 15) is 14.4 Å². The van der Waals surface area contributed by atoms with Gasteiger partial charge in [-0.15, -0.1) is 0 Å². The van der Waals surface area contributed by atoms with Crippen molar-refractivity contribution in [3.05, 3.63) is 77.9 Å². The van der Waals surface area contributed by atoms with E-state index in [0.29, 0.717) is 25.9 Å². The van der Waals surface area contributed by atoms with Gasteiger partial charge in [0, 0.05) is 11.6 Å². The van der Waals surface area contributed by atoms with Crippen LogP contribution in [0.15, 0.2) is 66.7 Å². The molecule has 1 heterocycles. The van der Waals surface area contributed by atoms with Crippen LogP contribution in [-0.2, 0) is 31.9 Å². The van der Waals surface area contributed by atoms with Crippen LogP contribution in [0.25, 0.3) is 0 Å². The average Bonchev–Trinajstić information content (AvgIpc) is 3.22. The highest BCUT2D eigenvalue weighted by Gasteiger charge is 2.55. The van der Waals surface area contributed by atoms with E-state index in [2.05, 4.69) is 16.6 Å². The van der Waals surface area contributed by atoms with Gasteiger partial charge in [0.05, 0.1) is 18.4 Å². The summed E-state index contributed by atoms with van der Waals surface area (Å²) >= 11 is 0. The number of hydrogen-bond acceptors (Lipinski definition) is 5. The van der Waals surface area contributed by atoms with Crippen LogP contribution in [-0.4, -0.2) is 30.2 Å². The van der Waals surface area contributed by atoms with Gasteiger partial charge in [-0.1, -0.05) is 54.6 Å². The van der Waals surface area contributed by atoms with Crippen molar-refractivity contribution in [2.75, 3.05) is 11.9 Å². The zero-order chi connectivity index (χ0) is 25.6. The number of nitrogens with one attached hydrogen (secondary N) is 1. The predicted octanol–water partition coefficient (Wildman–Crippen LogP) is 4.80. The van der Waals surface area contributed by atoms with Crippen molar-refractivity contribution in [1.82, 2.24) is 0 Å². The van der Waals surface area contributed by atoms with Crippen LogP contribution in [0.2, 0.25) is 0 Å². The third-order valence-electron chi connectivity index (χ3n) is 6.08. The minimum Gasteiger partial charge on any atom is -0.465 e.